The third-order valence-corrected chi connectivity index (χ3v) is 2.56. The summed E-state index contributed by atoms with van der Waals surface area (Å²) in [6.07, 6.45) is 5.19. The van der Waals surface area contributed by atoms with Crippen molar-refractivity contribution in [3.63, 3.8) is 0 Å². The fraction of sp³-hybridized carbons (Fsp3) is 0.300. The van der Waals surface area contributed by atoms with Crippen molar-refractivity contribution < 1.29 is 0 Å². The standard InChI is InChI=1S/C10H12N8/c1-7-14-15-10-9(11-3-4-18(7)10)12-5-8-13-6-17(2)16-8/h3-4,6H,5H2,1-2H3,(H,11,12). The molecule has 0 fully saturated rings. The molecule has 0 aromatic carbocycles. The Hall–Kier alpha value is -2.51. The first kappa shape index (κ1) is 10.6. The molecule has 3 rings (SSSR count). The van der Waals surface area contributed by atoms with Gasteiger partial charge in [0, 0.05) is 19.4 Å². The highest BCUT2D eigenvalue weighted by Crippen LogP contribution is 2.12. The minimum atomic E-state index is 0.499. The molecule has 0 saturated carbocycles. The molecule has 0 spiro atoms. The molecule has 0 unspecified atom stereocenters. The summed E-state index contributed by atoms with van der Waals surface area (Å²) in [5, 5.41) is 15.4. The van der Waals surface area contributed by atoms with Crippen LogP contribution in [-0.2, 0) is 13.6 Å². The molecule has 8 nitrogen and oxygen atoms in total. The second-order valence-electron chi connectivity index (χ2n) is 3.90. The molecule has 1 N–H and O–H groups in total. The summed E-state index contributed by atoms with van der Waals surface area (Å²) in [6.45, 7) is 2.39. The highest BCUT2D eigenvalue weighted by atomic mass is 15.3. The van der Waals surface area contributed by atoms with E-state index in [1.54, 1.807) is 17.2 Å². The predicted octanol–water partition coefficient (Wildman–Crippen LogP) is 0.173. The molecule has 0 bridgehead atoms. The number of hydrogen-bond donors (Lipinski definition) is 1. The normalized spacial score (nSPS) is 11.0. The zero-order chi connectivity index (χ0) is 12.5. The maximum atomic E-state index is 4.25. The van der Waals surface area contributed by atoms with Gasteiger partial charge in [0.2, 0.25) is 5.65 Å². The zero-order valence-electron chi connectivity index (χ0n) is 10.1. The predicted molar refractivity (Wildman–Crippen MR) is 63.8 cm³/mol. The Morgan fingerprint density at radius 3 is 2.94 bits per heavy atom. The molecular weight excluding hydrogens is 232 g/mol. The van der Waals surface area contributed by atoms with Crippen LogP contribution in [0.3, 0.4) is 0 Å². The van der Waals surface area contributed by atoms with Crippen molar-refractivity contribution in [2.45, 2.75) is 13.5 Å². The lowest BCUT2D eigenvalue weighted by Gasteiger charge is -2.03. The second-order valence-corrected chi connectivity index (χ2v) is 3.90. The molecule has 0 amide bonds. The maximum absolute atomic E-state index is 4.25. The van der Waals surface area contributed by atoms with E-state index in [0.29, 0.717) is 23.8 Å². The number of aromatic nitrogens is 7. The minimum absolute atomic E-state index is 0.499. The number of rotatable bonds is 3. The van der Waals surface area contributed by atoms with Crippen molar-refractivity contribution in [1.82, 2.24) is 34.3 Å². The molecule has 8 heteroatoms. The van der Waals surface area contributed by atoms with Gasteiger partial charge in [-0.2, -0.15) is 5.10 Å². The van der Waals surface area contributed by atoms with Crippen molar-refractivity contribution in [3.05, 3.63) is 30.4 Å². The van der Waals surface area contributed by atoms with E-state index in [4.69, 9.17) is 0 Å². The minimum Gasteiger partial charge on any atom is -0.360 e. The van der Waals surface area contributed by atoms with Crippen LogP contribution in [0.4, 0.5) is 5.82 Å². The molecular formula is C10H12N8. The van der Waals surface area contributed by atoms with E-state index in [-0.39, 0.29) is 0 Å². The number of anilines is 1. The van der Waals surface area contributed by atoms with Crippen LogP contribution in [0.25, 0.3) is 5.65 Å². The zero-order valence-corrected chi connectivity index (χ0v) is 10.1. The lowest BCUT2D eigenvalue weighted by molar-refractivity contribution is 0.747. The van der Waals surface area contributed by atoms with Crippen LogP contribution in [0.1, 0.15) is 11.6 Å². The average molecular weight is 244 g/mol. The third-order valence-electron chi connectivity index (χ3n) is 2.56. The van der Waals surface area contributed by atoms with E-state index >= 15 is 0 Å². The quantitative estimate of drug-likeness (QED) is 0.707. The lowest BCUT2D eigenvalue weighted by atomic mass is 10.5. The van der Waals surface area contributed by atoms with Gasteiger partial charge in [0.1, 0.15) is 12.2 Å². The molecule has 92 valence electrons. The highest BCUT2D eigenvalue weighted by molar-refractivity contribution is 5.61. The third kappa shape index (κ3) is 1.77. The number of aryl methyl sites for hydroxylation is 2. The van der Waals surface area contributed by atoms with Gasteiger partial charge < -0.3 is 5.32 Å². The average Bonchev–Trinajstić information content (AvgIpc) is 2.94. The van der Waals surface area contributed by atoms with Crippen molar-refractivity contribution in [1.29, 1.82) is 0 Å². The maximum Gasteiger partial charge on any atom is 0.203 e. The molecule has 0 saturated heterocycles. The summed E-state index contributed by atoms with van der Waals surface area (Å²) >= 11 is 0. The van der Waals surface area contributed by atoms with E-state index < -0.39 is 0 Å². The SMILES string of the molecule is Cc1nnc2c(NCc3ncn(C)n3)nccn12. The molecule has 18 heavy (non-hydrogen) atoms. The fourth-order valence-electron chi connectivity index (χ4n) is 1.69. The van der Waals surface area contributed by atoms with Crippen LogP contribution in [-0.4, -0.2) is 34.3 Å². The molecule has 0 aliphatic rings. The van der Waals surface area contributed by atoms with E-state index in [9.17, 15) is 0 Å². The molecule has 3 heterocycles. The Kier molecular flexibility index (Phi) is 2.40. The summed E-state index contributed by atoms with van der Waals surface area (Å²) < 4.78 is 3.54. The molecule has 3 aromatic rings. The molecule has 0 atom stereocenters. The van der Waals surface area contributed by atoms with E-state index in [2.05, 4.69) is 30.6 Å². The van der Waals surface area contributed by atoms with Crippen LogP contribution >= 0.6 is 0 Å². The van der Waals surface area contributed by atoms with Crippen LogP contribution in [0.5, 0.6) is 0 Å². The molecule has 0 aliphatic heterocycles. The first-order valence-corrected chi connectivity index (χ1v) is 5.49. The van der Waals surface area contributed by atoms with Crippen LogP contribution in [0.15, 0.2) is 18.7 Å². The Balaban J connectivity index is 1.86. The van der Waals surface area contributed by atoms with Crippen molar-refractivity contribution in [2.75, 3.05) is 5.32 Å². The summed E-state index contributed by atoms with van der Waals surface area (Å²) in [5.74, 6) is 2.20. The topological polar surface area (TPSA) is 85.8 Å². The highest BCUT2D eigenvalue weighted by Gasteiger charge is 2.08. The summed E-state index contributed by atoms with van der Waals surface area (Å²) in [4.78, 5) is 8.38. The molecule has 3 aromatic heterocycles. The summed E-state index contributed by atoms with van der Waals surface area (Å²) in [5.41, 5.74) is 0.700. The Labute approximate surface area is 103 Å². The second kappa shape index (κ2) is 4.06. The monoisotopic (exact) mass is 244 g/mol. The summed E-state index contributed by atoms with van der Waals surface area (Å²) in [6, 6.07) is 0. The van der Waals surface area contributed by atoms with Crippen LogP contribution in [0, 0.1) is 6.92 Å². The first-order valence-electron chi connectivity index (χ1n) is 5.49. The van der Waals surface area contributed by atoms with Gasteiger partial charge >= 0.3 is 0 Å². The van der Waals surface area contributed by atoms with E-state index in [1.165, 1.54) is 0 Å². The number of hydrogen-bond acceptors (Lipinski definition) is 6. The van der Waals surface area contributed by atoms with E-state index in [1.807, 2.05) is 24.6 Å². The van der Waals surface area contributed by atoms with Crippen molar-refractivity contribution >= 4 is 11.5 Å². The van der Waals surface area contributed by atoms with Gasteiger partial charge in [-0.25, -0.2) is 9.97 Å². The number of nitrogens with one attached hydrogen (secondary N) is 1. The Morgan fingerprint density at radius 1 is 1.28 bits per heavy atom. The number of fused-ring (bicyclic) bond motifs is 1. The van der Waals surface area contributed by atoms with Crippen LogP contribution < -0.4 is 5.32 Å². The van der Waals surface area contributed by atoms with Gasteiger partial charge in [-0.15, -0.1) is 10.2 Å². The fourth-order valence-corrected chi connectivity index (χ4v) is 1.69. The van der Waals surface area contributed by atoms with Crippen molar-refractivity contribution in [3.8, 4) is 0 Å². The first-order chi connectivity index (χ1) is 8.74. The van der Waals surface area contributed by atoms with Gasteiger partial charge in [0.05, 0.1) is 6.54 Å². The molecule has 0 radical (unpaired) electrons. The van der Waals surface area contributed by atoms with Gasteiger partial charge in [-0.3, -0.25) is 9.08 Å². The van der Waals surface area contributed by atoms with Gasteiger partial charge in [-0.1, -0.05) is 0 Å². The largest absolute Gasteiger partial charge is 0.360 e. The van der Waals surface area contributed by atoms with Gasteiger partial charge in [0.25, 0.3) is 0 Å². The Bertz CT molecular complexity index is 682. The Morgan fingerprint density at radius 2 is 2.17 bits per heavy atom. The van der Waals surface area contributed by atoms with Crippen LogP contribution in [0.2, 0.25) is 0 Å². The van der Waals surface area contributed by atoms with E-state index in [0.717, 1.165) is 5.82 Å². The molecule has 0 aliphatic carbocycles. The van der Waals surface area contributed by atoms with Gasteiger partial charge in [0.15, 0.2) is 11.6 Å². The smallest absolute Gasteiger partial charge is 0.203 e. The van der Waals surface area contributed by atoms with Gasteiger partial charge in [-0.05, 0) is 6.92 Å². The van der Waals surface area contributed by atoms with Crippen molar-refractivity contribution in [2.24, 2.45) is 7.05 Å². The lowest BCUT2D eigenvalue weighted by Crippen LogP contribution is -2.05. The summed E-state index contributed by atoms with van der Waals surface area (Å²) in [7, 11) is 1.83. The number of nitrogens with zero attached hydrogens (tertiary/aromatic N) is 7.